The van der Waals surface area contributed by atoms with Crippen molar-refractivity contribution >= 4 is 38.9 Å². The fourth-order valence-electron chi connectivity index (χ4n) is 10.8. The first kappa shape index (κ1) is 39.3. The predicted octanol–water partition coefficient (Wildman–Crippen LogP) is 15.5. The van der Waals surface area contributed by atoms with Crippen LogP contribution < -0.4 is 4.90 Å². The second-order valence-corrected chi connectivity index (χ2v) is 17.4. The second-order valence-electron chi connectivity index (χ2n) is 17.4. The zero-order valence-electron chi connectivity index (χ0n) is 37.1. The van der Waals surface area contributed by atoms with Gasteiger partial charge in [-0.05, 0) is 124 Å². The zero-order chi connectivity index (χ0) is 45.0. The lowest BCUT2D eigenvalue weighted by molar-refractivity contribution is 0.768. The fourth-order valence-corrected chi connectivity index (χ4v) is 10.8. The Labute approximate surface area is 395 Å². The van der Waals surface area contributed by atoms with E-state index in [0.29, 0.717) is 0 Å². The maximum absolute atomic E-state index is 5.03. The van der Waals surface area contributed by atoms with Crippen LogP contribution in [0, 0.1) is 0 Å². The molecule has 2 heterocycles. The zero-order valence-corrected chi connectivity index (χ0v) is 37.1. The molecule has 0 unspecified atom stereocenters. The van der Waals surface area contributed by atoms with Crippen LogP contribution in [0.1, 0.15) is 22.3 Å². The van der Waals surface area contributed by atoms with Gasteiger partial charge in [0, 0.05) is 50.3 Å². The van der Waals surface area contributed by atoms with Gasteiger partial charge in [-0.1, -0.05) is 170 Å². The minimum Gasteiger partial charge on any atom is -0.311 e. The summed E-state index contributed by atoms with van der Waals surface area (Å²) in [5.74, 6) is 1.54. The van der Waals surface area contributed by atoms with E-state index in [9.17, 15) is 0 Å². The number of anilines is 3. The number of hydrogen-bond donors (Lipinski definition) is 0. The van der Waals surface area contributed by atoms with Gasteiger partial charge in [0.2, 0.25) is 0 Å². The Balaban J connectivity index is 0.916. The molecule has 0 spiro atoms. The molecule has 0 saturated heterocycles. The molecular formula is C63H43N5. The van der Waals surface area contributed by atoms with Crippen LogP contribution >= 0.6 is 0 Å². The Hall–Kier alpha value is -9.06. The summed E-state index contributed by atoms with van der Waals surface area (Å²) in [6, 6.07) is 93.5. The maximum atomic E-state index is 5.03. The van der Waals surface area contributed by atoms with Crippen LogP contribution in [0.15, 0.2) is 261 Å². The Morgan fingerprint density at radius 3 is 1.38 bits per heavy atom. The highest BCUT2D eigenvalue weighted by Crippen LogP contribution is 2.56. The topological polar surface area (TPSA) is 38.9 Å². The minimum atomic E-state index is -0.531. The van der Waals surface area contributed by atoms with E-state index >= 15 is 0 Å². The van der Waals surface area contributed by atoms with Gasteiger partial charge in [0.15, 0.2) is 11.6 Å². The molecule has 0 fully saturated rings. The molecule has 1 aliphatic carbocycles. The number of fused-ring (bicyclic) bond motifs is 6. The van der Waals surface area contributed by atoms with E-state index in [1.165, 1.54) is 55.2 Å². The molecule has 0 amide bonds. The van der Waals surface area contributed by atoms with Crippen LogP contribution in [0.5, 0.6) is 0 Å². The van der Waals surface area contributed by atoms with Crippen LogP contribution in [-0.4, -0.2) is 19.3 Å². The Bertz CT molecular complexity index is 3670. The molecule has 0 saturated carbocycles. The van der Waals surface area contributed by atoms with Crippen molar-refractivity contribution in [3.05, 3.63) is 283 Å². The summed E-state index contributed by atoms with van der Waals surface area (Å²) in [6.45, 7) is 0. The summed E-state index contributed by atoms with van der Waals surface area (Å²) < 4.78 is 4.56. The van der Waals surface area contributed by atoms with Crippen LogP contribution in [0.2, 0.25) is 0 Å². The van der Waals surface area contributed by atoms with Crippen LogP contribution in [0.4, 0.5) is 17.1 Å². The SMILES string of the molecule is c1ccc(N(c2ccc(-c3nnc(-c4ccc5c(c4)C(c4ccccc4)(c4ccccc4)c4ccccc4-5)n3-c3ccccc3)cc2)c2ccc(-n3c4ccccc4c4ccccc43)cc2)cc1. The number of para-hydroxylation sites is 4. The summed E-state index contributed by atoms with van der Waals surface area (Å²) in [5, 5.41) is 12.5. The summed E-state index contributed by atoms with van der Waals surface area (Å²) in [4.78, 5) is 2.31. The van der Waals surface area contributed by atoms with Crippen molar-refractivity contribution in [3.8, 4) is 45.3 Å². The highest BCUT2D eigenvalue weighted by Gasteiger charge is 2.46. The molecule has 10 aromatic carbocycles. The monoisotopic (exact) mass is 869 g/mol. The molecule has 0 bridgehead atoms. The number of hydrogen-bond acceptors (Lipinski definition) is 3. The van der Waals surface area contributed by atoms with Crippen molar-refractivity contribution in [3.63, 3.8) is 0 Å². The highest BCUT2D eigenvalue weighted by atomic mass is 15.3. The molecule has 0 radical (unpaired) electrons. The largest absolute Gasteiger partial charge is 0.311 e. The molecule has 0 aliphatic heterocycles. The van der Waals surface area contributed by atoms with Gasteiger partial charge in [0.1, 0.15) is 0 Å². The molecule has 5 nitrogen and oxygen atoms in total. The standard InChI is InChI=1S/C63H43N5/c1-5-19-46(20-6-1)63(47-21-7-2-8-22-47)57-30-16-13-27-53(57)54-42-35-45(43-58(54)63)62-65-64-61(68(62)49-25-11-4-12-26-49)44-33-36-50(37-34-44)66(48-23-9-3-10-24-48)51-38-40-52(41-39-51)67-59-31-17-14-28-55(59)56-29-15-18-32-60(56)67/h1-43H. The fraction of sp³-hybridized carbons (Fsp3) is 0.0159. The summed E-state index contributed by atoms with van der Waals surface area (Å²) in [5.41, 5.74) is 16.5. The first-order valence-corrected chi connectivity index (χ1v) is 23.2. The lowest BCUT2D eigenvalue weighted by Crippen LogP contribution is -2.28. The predicted molar refractivity (Wildman–Crippen MR) is 279 cm³/mol. The van der Waals surface area contributed by atoms with Gasteiger partial charge in [-0.3, -0.25) is 4.57 Å². The average molecular weight is 870 g/mol. The van der Waals surface area contributed by atoms with Gasteiger partial charge in [-0.2, -0.15) is 0 Å². The quantitative estimate of drug-likeness (QED) is 0.145. The van der Waals surface area contributed by atoms with E-state index in [0.717, 1.165) is 51.2 Å². The lowest BCUT2D eigenvalue weighted by atomic mass is 9.67. The number of aromatic nitrogens is 4. The molecule has 12 aromatic rings. The molecule has 5 heteroatoms. The van der Waals surface area contributed by atoms with Crippen molar-refractivity contribution in [1.82, 2.24) is 19.3 Å². The van der Waals surface area contributed by atoms with E-state index < -0.39 is 5.41 Å². The van der Waals surface area contributed by atoms with Gasteiger partial charge in [0.05, 0.1) is 16.4 Å². The van der Waals surface area contributed by atoms with Crippen LogP contribution in [-0.2, 0) is 5.41 Å². The van der Waals surface area contributed by atoms with E-state index in [1.807, 2.05) is 0 Å². The molecule has 13 rings (SSSR count). The third-order valence-corrected chi connectivity index (χ3v) is 13.7. The Morgan fingerprint density at radius 1 is 0.324 bits per heavy atom. The van der Waals surface area contributed by atoms with E-state index in [-0.39, 0.29) is 0 Å². The van der Waals surface area contributed by atoms with Crippen LogP contribution in [0.3, 0.4) is 0 Å². The molecule has 2 aromatic heterocycles. The van der Waals surface area contributed by atoms with Crippen molar-refractivity contribution < 1.29 is 0 Å². The Morgan fingerprint density at radius 2 is 0.765 bits per heavy atom. The molecule has 320 valence electrons. The first-order valence-electron chi connectivity index (χ1n) is 23.2. The van der Waals surface area contributed by atoms with Crippen molar-refractivity contribution in [2.75, 3.05) is 4.90 Å². The van der Waals surface area contributed by atoms with Gasteiger partial charge >= 0.3 is 0 Å². The molecule has 1 aliphatic rings. The van der Waals surface area contributed by atoms with E-state index in [2.05, 4.69) is 275 Å². The van der Waals surface area contributed by atoms with E-state index in [1.54, 1.807) is 0 Å². The summed E-state index contributed by atoms with van der Waals surface area (Å²) in [7, 11) is 0. The maximum Gasteiger partial charge on any atom is 0.168 e. The normalized spacial score (nSPS) is 12.5. The minimum absolute atomic E-state index is 0.531. The van der Waals surface area contributed by atoms with Gasteiger partial charge in [-0.25, -0.2) is 0 Å². The summed E-state index contributed by atoms with van der Waals surface area (Å²) >= 11 is 0. The second kappa shape index (κ2) is 16.1. The van der Waals surface area contributed by atoms with Gasteiger partial charge in [0.25, 0.3) is 0 Å². The molecular weight excluding hydrogens is 827 g/mol. The molecule has 0 atom stereocenters. The van der Waals surface area contributed by atoms with Crippen molar-refractivity contribution in [2.45, 2.75) is 5.41 Å². The average Bonchev–Trinajstić information content (AvgIpc) is 4.10. The number of benzene rings is 10. The molecule has 0 N–H and O–H groups in total. The molecule has 68 heavy (non-hydrogen) atoms. The highest BCUT2D eigenvalue weighted by molar-refractivity contribution is 6.09. The van der Waals surface area contributed by atoms with Crippen molar-refractivity contribution in [2.24, 2.45) is 0 Å². The number of rotatable bonds is 9. The van der Waals surface area contributed by atoms with Crippen LogP contribution in [0.25, 0.3) is 67.1 Å². The Kier molecular flexibility index (Phi) is 9.32. The van der Waals surface area contributed by atoms with Crippen molar-refractivity contribution in [1.29, 1.82) is 0 Å². The van der Waals surface area contributed by atoms with E-state index in [4.69, 9.17) is 10.2 Å². The first-order chi connectivity index (χ1) is 33.8. The third kappa shape index (κ3) is 6.17. The summed E-state index contributed by atoms with van der Waals surface area (Å²) in [6.07, 6.45) is 0. The van der Waals surface area contributed by atoms with Gasteiger partial charge in [-0.15, -0.1) is 10.2 Å². The van der Waals surface area contributed by atoms with Gasteiger partial charge < -0.3 is 9.47 Å². The lowest BCUT2D eigenvalue weighted by Gasteiger charge is -2.34. The smallest absolute Gasteiger partial charge is 0.168 e. The third-order valence-electron chi connectivity index (χ3n) is 13.7. The number of nitrogens with zero attached hydrogens (tertiary/aromatic N) is 5.